The van der Waals surface area contributed by atoms with E-state index in [4.69, 9.17) is 9.15 Å². The van der Waals surface area contributed by atoms with Gasteiger partial charge in [-0.05, 0) is 31.4 Å². The first-order chi connectivity index (χ1) is 8.77. The molecule has 0 fully saturated rings. The van der Waals surface area contributed by atoms with Crippen molar-refractivity contribution in [3.63, 3.8) is 0 Å². The van der Waals surface area contributed by atoms with Gasteiger partial charge in [-0.25, -0.2) is 0 Å². The second kappa shape index (κ2) is 8.53. The Kier molecular flexibility index (Phi) is 6.87. The van der Waals surface area contributed by atoms with Crippen molar-refractivity contribution in [2.24, 2.45) is 0 Å². The Balaban J connectivity index is 2.26. The number of rotatable bonds is 9. The minimum atomic E-state index is -0.279. The van der Waals surface area contributed by atoms with Crippen LogP contribution in [0, 0.1) is 0 Å². The second-order valence-electron chi connectivity index (χ2n) is 4.02. The van der Waals surface area contributed by atoms with E-state index in [2.05, 4.69) is 11.9 Å². The van der Waals surface area contributed by atoms with Crippen molar-refractivity contribution in [1.82, 2.24) is 5.32 Å². The summed E-state index contributed by atoms with van der Waals surface area (Å²) in [6.45, 7) is 6.56. The molecule has 1 heterocycles. The summed E-state index contributed by atoms with van der Waals surface area (Å²) in [5.41, 5.74) is 0. The van der Waals surface area contributed by atoms with Crippen molar-refractivity contribution >= 4 is 5.97 Å². The number of allylic oxidation sites excluding steroid dienone is 1. The molecule has 100 valence electrons. The molecule has 0 aromatic carbocycles. The number of ether oxygens (including phenoxy) is 1. The third kappa shape index (κ3) is 5.19. The van der Waals surface area contributed by atoms with Gasteiger partial charge in [-0.15, -0.1) is 6.58 Å². The number of hydrogen-bond donors (Lipinski definition) is 1. The summed E-state index contributed by atoms with van der Waals surface area (Å²) in [4.78, 5) is 11.8. The maximum absolute atomic E-state index is 11.8. The van der Waals surface area contributed by atoms with Crippen LogP contribution in [0.1, 0.15) is 31.9 Å². The van der Waals surface area contributed by atoms with E-state index in [-0.39, 0.29) is 12.0 Å². The molecule has 0 aliphatic carbocycles. The molecule has 1 aromatic rings. The molecular formula is C14H21NO3. The lowest BCUT2D eigenvalue weighted by Crippen LogP contribution is -2.37. The van der Waals surface area contributed by atoms with E-state index in [1.54, 1.807) is 6.26 Å². The molecule has 4 nitrogen and oxygen atoms in total. The van der Waals surface area contributed by atoms with Crippen molar-refractivity contribution in [2.75, 3.05) is 6.61 Å². The van der Waals surface area contributed by atoms with Crippen LogP contribution in [0.2, 0.25) is 0 Å². The fraction of sp³-hybridized carbons (Fsp3) is 0.500. The molecule has 0 aliphatic rings. The van der Waals surface area contributed by atoms with Crippen molar-refractivity contribution in [3.05, 3.63) is 36.8 Å². The van der Waals surface area contributed by atoms with E-state index >= 15 is 0 Å². The topological polar surface area (TPSA) is 51.5 Å². The number of unbranched alkanes of at least 4 members (excludes halogenated alkanes) is 1. The van der Waals surface area contributed by atoms with Crippen LogP contribution in [0.4, 0.5) is 0 Å². The van der Waals surface area contributed by atoms with E-state index in [1.807, 2.05) is 25.1 Å². The molecule has 0 amide bonds. The van der Waals surface area contributed by atoms with Gasteiger partial charge in [0.25, 0.3) is 0 Å². The Morgan fingerprint density at radius 3 is 3.11 bits per heavy atom. The quantitative estimate of drug-likeness (QED) is 0.416. The SMILES string of the molecule is C=CCCCOC(=O)[C@@H](CC)NCc1ccco1. The minimum Gasteiger partial charge on any atom is -0.468 e. The molecular weight excluding hydrogens is 230 g/mol. The molecule has 0 radical (unpaired) electrons. The highest BCUT2D eigenvalue weighted by atomic mass is 16.5. The Morgan fingerprint density at radius 1 is 1.67 bits per heavy atom. The smallest absolute Gasteiger partial charge is 0.323 e. The van der Waals surface area contributed by atoms with Gasteiger partial charge in [0, 0.05) is 0 Å². The van der Waals surface area contributed by atoms with Gasteiger partial charge in [-0.2, -0.15) is 0 Å². The molecule has 1 rings (SSSR count). The Hall–Kier alpha value is -1.55. The number of hydrogen-bond acceptors (Lipinski definition) is 4. The summed E-state index contributed by atoms with van der Waals surface area (Å²) in [7, 11) is 0. The molecule has 4 heteroatoms. The highest BCUT2D eigenvalue weighted by Crippen LogP contribution is 2.02. The van der Waals surface area contributed by atoms with E-state index in [9.17, 15) is 4.79 Å². The van der Waals surface area contributed by atoms with Crippen LogP contribution >= 0.6 is 0 Å². The first kappa shape index (κ1) is 14.5. The predicted octanol–water partition coefficient (Wildman–Crippen LogP) is 2.66. The van der Waals surface area contributed by atoms with Gasteiger partial charge in [0.1, 0.15) is 11.8 Å². The lowest BCUT2D eigenvalue weighted by atomic mass is 10.2. The zero-order valence-electron chi connectivity index (χ0n) is 10.9. The standard InChI is InChI=1S/C14H21NO3/c1-3-5-6-9-18-14(16)13(4-2)15-11-12-8-7-10-17-12/h3,7-8,10,13,15H,1,4-6,9,11H2,2H3/t13-/m1/s1. The van der Waals surface area contributed by atoms with Crippen LogP contribution in [0.25, 0.3) is 0 Å². The maximum Gasteiger partial charge on any atom is 0.323 e. The Labute approximate surface area is 108 Å². The van der Waals surface area contributed by atoms with Crippen LogP contribution < -0.4 is 5.32 Å². The summed E-state index contributed by atoms with van der Waals surface area (Å²) in [5, 5.41) is 3.12. The van der Waals surface area contributed by atoms with Gasteiger partial charge >= 0.3 is 5.97 Å². The number of esters is 1. The number of furan rings is 1. The predicted molar refractivity (Wildman–Crippen MR) is 70.0 cm³/mol. The van der Waals surface area contributed by atoms with Crippen molar-refractivity contribution in [3.8, 4) is 0 Å². The van der Waals surface area contributed by atoms with Gasteiger partial charge in [-0.1, -0.05) is 13.0 Å². The highest BCUT2D eigenvalue weighted by Gasteiger charge is 2.17. The second-order valence-corrected chi connectivity index (χ2v) is 4.02. The maximum atomic E-state index is 11.8. The molecule has 0 spiro atoms. The monoisotopic (exact) mass is 251 g/mol. The van der Waals surface area contributed by atoms with Crippen molar-refractivity contribution < 1.29 is 13.9 Å². The lowest BCUT2D eigenvalue weighted by Gasteiger charge is -2.15. The molecule has 0 aliphatic heterocycles. The molecule has 0 bridgehead atoms. The zero-order valence-corrected chi connectivity index (χ0v) is 10.9. The van der Waals surface area contributed by atoms with Gasteiger partial charge in [0.2, 0.25) is 0 Å². The summed E-state index contributed by atoms with van der Waals surface area (Å²) >= 11 is 0. The van der Waals surface area contributed by atoms with E-state index in [1.165, 1.54) is 0 Å². The third-order valence-electron chi connectivity index (χ3n) is 2.59. The normalized spacial score (nSPS) is 12.1. The Morgan fingerprint density at radius 2 is 2.50 bits per heavy atom. The molecule has 1 aromatic heterocycles. The third-order valence-corrected chi connectivity index (χ3v) is 2.59. The first-order valence-corrected chi connectivity index (χ1v) is 6.31. The Bertz CT molecular complexity index is 346. The van der Waals surface area contributed by atoms with Crippen molar-refractivity contribution in [2.45, 2.75) is 38.8 Å². The van der Waals surface area contributed by atoms with Crippen LogP contribution in [-0.4, -0.2) is 18.6 Å². The van der Waals surface area contributed by atoms with E-state index in [0.29, 0.717) is 19.6 Å². The zero-order chi connectivity index (χ0) is 13.2. The number of carbonyl (C=O) groups excluding carboxylic acids is 1. The van der Waals surface area contributed by atoms with Crippen LogP contribution in [0.3, 0.4) is 0 Å². The molecule has 1 N–H and O–H groups in total. The molecule has 0 unspecified atom stereocenters. The van der Waals surface area contributed by atoms with Gasteiger partial charge in [0.05, 0.1) is 19.4 Å². The molecule has 0 saturated carbocycles. The first-order valence-electron chi connectivity index (χ1n) is 6.31. The average molecular weight is 251 g/mol. The minimum absolute atomic E-state index is 0.201. The highest BCUT2D eigenvalue weighted by molar-refractivity contribution is 5.75. The number of carbonyl (C=O) groups is 1. The summed E-state index contributed by atoms with van der Waals surface area (Å²) in [5.74, 6) is 0.612. The summed E-state index contributed by atoms with van der Waals surface area (Å²) < 4.78 is 10.4. The van der Waals surface area contributed by atoms with E-state index in [0.717, 1.165) is 18.6 Å². The van der Waals surface area contributed by atoms with Crippen LogP contribution in [0.5, 0.6) is 0 Å². The molecule has 0 saturated heterocycles. The largest absolute Gasteiger partial charge is 0.468 e. The van der Waals surface area contributed by atoms with Crippen LogP contribution in [-0.2, 0) is 16.1 Å². The average Bonchev–Trinajstić information content (AvgIpc) is 2.88. The fourth-order valence-electron chi connectivity index (χ4n) is 1.53. The van der Waals surface area contributed by atoms with Gasteiger partial charge in [-0.3, -0.25) is 10.1 Å². The molecule has 18 heavy (non-hydrogen) atoms. The summed E-state index contributed by atoms with van der Waals surface area (Å²) in [6, 6.07) is 3.42. The number of nitrogens with one attached hydrogen (secondary N) is 1. The van der Waals surface area contributed by atoms with Crippen LogP contribution in [0.15, 0.2) is 35.5 Å². The van der Waals surface area contributed by atoms with Gasteiger partial charge < -0.3 is 9.15 Å². The van der Waals surface area contributed by atoms with E-state index < -0.39 is 0 Å². The van der Waals surface area contributed by atoms with Gasteiger partial charge in [0.15, 0.2) is 0 Å². The summed E-state index contributed by atoms with van der Waals surface area (Å²) in [6.07, 6.45) is 5.82. The fourth-order valence-corrected chi connectivity index (χ4v) is 1.53. The molecule has 1 atom stereocenters. The van der Waals surface area contributed by atoms with Crippen molar-refractivity contribution in [1.29, 1.82) is 0 Å². The lowest BCUT2D eigenvalue weighted by molar-refractivity contribution is -0.146.